The molecular weight excluding hydrogens is 252 g/mol. The van der Waals surface area contributed by atoms with Crippen LogP contribution < -0.4 is 15.2 Å². The van der Waals surface area contributed by atoms with Crippen molar-refractivity contribution < 1.29 is 9.47 Å². The second kappa shape index (κ2) is 5.17. The van der Waals surface area contributed by atoms with Gasteiger partial charge >= 0.3 is 0 Å². The van der Waals surface area contributed by atoms with Crippen LogP contribution in [0.2, 0.25) is 0 Å². The van der Waals surface area contributed by atoms with Crippen molar-refractivity contribution in [3.05, 3.63) is 54.2 Å². The predicted octanol–water partition coefficient (Wildman–Crippen LogP) is 3.34. The average molecular weight is 268 g/mol. The molecule has 0 atom stereocenters. The molecule has 0 saturated heterocycles. The molecule has 0 spiro atoms. The fraction of sp³-hybridized carbons (Fsp3) is 0.125. The lowest BCUT2D eigenvalue weighted by atomic mass is 10.2. The third-order valence-corrected chi connectivity index (χ3v) is 3.15. The smallest absolute Gasteiger partial charge is 0.161 e. The summed E-state index contributed by atoms with van der Waals surface area (Å²) >= 11 is 0. The molecule has 2 aromatic carbocycles. The number of benzene rings is 2. The summed E-state index contributed by atoms with van der Waals surface area (Å²) in [6, 6.07) is 15.4. The van der Waals surface area contributed by atoms with Crippen molar-refractivity contribution in [1.82, 2.24) is 4.98 Å². The Kier molecular flexibility index (Phi) is 3.21. The van der Waals surface area contributed by atoms with Gasteiger partial charge in [0.05, 0.1) is 12.8 Å². The minimum Gasteiger partial charge on any atom is -0.493 e. The quantitative estimate of drug-likeness (QED) is 0.713. The Bertz CT molecular complexity index is 734. The number of nitrogens with one attached hydrogen (secondary N) is 1. The molecule has 3 rings (SSSR count). The molecule has 1 aromatic heterocycles. The van der Waals surface area contributed by atoms with E-state index < -0.39 is 0 Å². The molecule has 4 heteroatoms. The van der Waals surface area contributed by atoms with E-state index in [0.717, 1.165) is 33.8 Å². The molecular formula is C16H16N2O2. The zero-order valence-electron chi connectivity index (χ0n) is 11.2. The number of nitrogen functional groups attached to an aromatic ring is 1. The number of rotatable bonds is 4. The molecule has 0 aliphatic heterocycles. The van der Waals surface area contributed by atoms with Gasteiger partial charge in [-0.25, -0.2) is 0 Å². The van der Waals surface area contributed by atoms with Gasteiger partial charge in [-0.1, -0.05) is 12.1 Å². The Morgan fingerprint density at radius 2 is 1.85 bits per heavy atom. The molecule has 4 nitrogen and oxygen atoms in total. The third-order valence-electron chi connectivity index (χ3n) is 3.15. The van der Waals surface area contributed by atoms with Gasteiger partial charge in [0.15, 0.2) is 11.5 Å². The number of para-hydroxylation sites is 2. The van der Waals surface area contributed by atoms with Crippen molar-refractivity contribution in [3.8, 4) is 11.5 Å². The zero-order valence-corrected chi connectivity index (χ0v) is 11.2. The molecule has 0 bridgehead atoms. The summed E-state index contributed by atoms with van der Waals surface area (Å²) in [6.45, 7) is 0.453. The summed E-state index contributed by atoms with van der Waals surface area (Å²) < 4.78 is 11.0. The number of methoxy groups -OCH3 is 1. The lowest BCUT2D eigenvalue weighted by molar-refractivity contribution is 0.281. The number of aromatic amines is 1. The first-order valence-electron chi connectivity index (χ1n) is 6.39. The minimum absolute atomic E-state index is 0.453. The highest BCUT2D eigenvalue weighted by Crippen LogP contribution is 2.27. The van der Waals surface area contributed by atoms with Crippen LogP contribution in [0, 0.1) is 0 Å². The van der Waals surface area contributed by atoms with E-state index in [4.69, 9.17) is 15.2 Å². The average Bonchev–Trinajstić information content (AvgIpc) is 2.87. The van der Waals surface area contributed by atoms with Crippen LogP contribution in [0.1, 0.15) is 5.69 Å². The van der Waals surface area contributed by atoms with Gasteiger partial charge in [0.1, 0.15) is 6.61 Å². The van der Waals surface area contributed by atoms with Crippen molar-refractivity contribution in [2.75, 3.05) is 12.8 Å². The van der Waals surface area contributed by atoms with E-state index in [1.807, 2.05) is 48.5 Å². The maximum atomic E-state index is 5.79. The summed E-state index contributed by atoms with van der Waals surface area (Å²) in [5.41, 5.74) is 8.58. The maximum Gasteiger partial charge on any atom is 0.161 e. The summed E-state index contributed by atoms with van der Waals surface area (Å²) in [4.78, 5) is 3.31. The van der Waals surface area contributed by atoms with Crippen LogP contribution in [0.5, 0.6) is 11.5 Å². The Morgan fingerprint density at radius 1 is 1.05 bits per heavy atom. The van der Waals surface area contributed by atoms with Gasteiger partial charge in [-0.05, 0) is 36.4 Å². The number of fused-ring (bicyclic) bond motifs is 1. The molecule has 0 unspecified atom stereocenters. The molecule has 3 aromatic rings. The summed E-state index contributed by atoms with van der Waals surface area (Å²) in [6.07, 6.45) is 0. The lowest BCUT2D eigenvalue weighted by Gasteiger charge is -2.09. The van der Waals surface area contributed by atoms with E-state index in [1.54, 1.807) is 7.11 Å². The molecule has 0 saturated carbocycles. The Hall–Kier alpha value is -2.62. The number of hydrogen-bond acceptors (Lipinski definition) is 3. The second-order valence-corrected chi connectivity index (χ2v) is 4.58. The largest absolute Gasteiger partial charge is 0.493 e. The van der Waals surface area contributed by atoms with Crippen LogP contribution in [0.25, 0.3) is 10.9 Å². The second-order valence-electron chi connectivity index (χ2n) is 4.58. The van der Waals surface area contributed by atoms with Gasteiger partial charge in [-0.2, -0.15) is 0 Å². The maximum absolute atomic E-state index is 5.79. The Labute approximate surface area is 117 Å². The third kappa shape index (κ3) is 2.40. The highest BCUT2D eigenvalue weighted by Gasteiger charge is 2.05. The fourth-order valence-corrected chi connectivity index (χ4v) is 2.18. The Balaban J connectivity index is 1.79. The van der Waals surface area contributed by atoms with Crippen molar-refractivity contribution in [1.29, 1.82) is 0 Å². The van der Waals surface area contributed by atoms with Crippen LogP contribution in [0.3, 0.4) is 0 Å². The van der Waals surface area contributed by atoms with Crippen molar-refractivity contribution >= 4 is 16.6 Å². The number of hydrogen-bond donors (Lipinski definition) is 2. The highest BCUT2D eigenvalue weighted by molar-refractivity contribution is 5.83. The number of anilines is 1. The molecule has 0 amide bonds. The number of H-pyrrole nitrogens is 1. The topological polar surface area (TPSA) is 60.3 Å². The molecule has 1 heterocycles. The van der Waals surface area contributed by atoms with Crippen LogP contribution in [-0.4, -0.2) is 12.1 Å². The molecule has 0 fully saturated rings. The Morgan fingerprint density at radius 3 is 2.65 bits per heavy atom. The molecule has 20 heavy (non-hydrogen) atoms. The van der Waals surface area contributed by atoms with E-state index in [0.29, 0.717) is 6.61 Å². The van der Waals surface area contributed by atoms with E-state index in [-0.39, 0.29) is 0 Å². The van der Waals surface area contributed by atoms with Crippen LogP contribution in [-0.2, 0) is 6.61 Å². The van der Waals surface area contributed by atoms with Crippen molar-refractivity contribution in [3.63, 3.8) is 0 Å². The van der Waals surface area contributed by atoms with Crippen molar-refractivity contribution in [2.45, 2.75) is 6.61 Å². The van der Waals surface area contributed by atoms with Crippen LogP contribution in [0.15, 0.2) is 48.5 Å². The van der Waals surface area contributed by atoms with Gasteiger partial charge in [-0.15, -0.1) is 0 Å². The van der Waals surface area contributed by atoms with Crippen LogP contribution in [0.4, 0.5) is 5.69 Å². The van der Waals surface area contributed by atoms with Gasteiger partial charge in [0.25, 0.3) is 0 Å². The first-order valence-corrected chi connectivity index (χ1v) is 6.39. The fourth-order valence-electron chi connectivity index (χ4n) is 2.18. The zero-order chi connectivity index (χ0) is 13.9. The number of ether oxygens (including phenoxy) is 2. The standard InChI is InChI=1S/C16H16N2O2/c1-19-15-4-2-3-5-16(15)20-10-13-9-11-8-12(17)6-7-14(11)18-13/h2-9,18H,10,17H2,1H3. The van der Waals surface area contributed by atoms with E-state index in [2.05, 4.69) is 4.98 Å². The van der Waals surface area contributed by atoms with Gasteiger partial charge in [0.2, 0.25) is 0 Å². The molecule has 102 valence electrons. The SMILES string of the molecule is COc1ccccc1OCc1cc2cc(N)ccc2[nH]1. The van der Waals surface area contributed by atoms with E-state index in [9.17, 15) is 0 Å². The summed E-state index contributed by atoms with van der Waals surface area (Å²) in [5, 5.41) is 1.09. The molecule has 0 aliphatic rings. The van der Waals surface area contributed by atoms with Gasteiger partial charge < -0.3 is 20.2 Å². The number of aromatic nitrogens is 1. The van der Waals surface area contributed by atoms with Gasteiger partial charge in [0, 0.05) is 16.6 Å². The van der Waals surface area contributed by atoms with E-state index >= 15 is 0 Å². The lowest BCUT2D eigenvalue weighted by Crippen LogP contribution is -1.97. The van der Waals surface area contributed by atoms with Gasteiger partial charge in [-0.3, -0.25) is 0 Å². The molecule has 0 aliphatic carbocycles. The highest BCUT2D eigenvalue weighted by atomic mass is 16.5. The monoisotopic (exact) mass is 268 g/mol. The first-order chi connectivity index (χ1) is 9.76. The normalized spacial score (nSPS) is 10.7. The van der Waals surface area contributed by atoms with Crippen LogP contribution >= 0.6 is 0 Å². The first kappa shape index (κ1) is 12.4. The van der Waals surface area contributed by atoms with E-state index in [1.165, 1.54) is 0 Å². The van der Waals surface area contributed by atoms with Crippen molar-refractivity contribution in [2.24, 2.45) is 0 Å². The molecule has 0 radical (unpaired) electrons. The number of nitrogens with two attached hydrogens (primary N) is 1. The minimum atomic E-state index is 0.453. The summed E-state index contributed by atoms with van der Waals surface area (Å²) in [7, 11) is 1.63. The predicted molar refractivity (Wildman–Crippen MR) is 80.0 cm³/mol. The summed E-state index contributed by atoms with van der Waals surface area (Å²) in [5.74, 6) is 1.46. The molecule has 3 N–H and O–H groups in total.